The van der Waals surface area contributed by atoms with E-state index in [1.807, 2.05) is 11.0 Å². The maximum absolute atomic E-state index is 12.9. The molecule has 142 valence electrons. The normalized spacial score (nSPS) is 26.0. The van der Waals surface area contributed by atoms with Crippen LogP contribution < -0.4 is 0 Å². The van der Waals surface area contributed by atoms with Crippen molar-refractivity contribution in [2.75, 3.05) is 26.2 Å². The first-order chi connectivity index (χ1) is 13.2. The van der Waals surface area contributed by atoms with Gasteiger partial charge in [0.05, 0.1) is 0 Å². The molecule has 2 saturated heterocycles. The minimum Gasteiger partial charge on any atom is -0.360 e. The van der Waals surface area contributed by atoms with E-state index in [2.05, 4.69) is 40.4 Å². The summed E-state index contributed by atoms with van der Waals surface area (Å²) in [6.45, 7) is 4.92. The van der Waals surface area contributed by atoms with Gasteiger partial charge < -0.3 is 9.42 Å². The van der Waals surface area contributed by atoms with Crippen LogP contribution in [0.1, 0.15) is 59.8 Å². The van der Waals surface area contributed by atoms with Crippen LogP contribution in [0.15, 0.2) is 40.9 Å². The summed E-state index contributed by atoms with van der Waals surface area (Å²) in [5, 5.41) is 4.05. The maximum Gasteiger partial charge on any atom is 0.276 e. The number of carbonyl (C=O) groups is 1. The van der Waals surface area contributed by atoms with Crippen LogP contribution in [0.3, 0.4) is 0 Å². The highest BCUT2D eigenvalue weighted by molar-refractivity contribution is 5.92. The first-order valence-electron chi connectivity index (χ1n) is 10.2. The Bertz CT molecular complexity index is 814. The molecule has 1 aromatic heterocycles. The van der Waals surface area contributed by atoms with E-state index in [-0.39, 0.29) is 11.3 Å². The van der Waals surface area contributed by atoms with Crippen LogP contribution in [-0.4, -0.2) is 47.0 Å². The lowest BCUT2D eigenvalue weighted by Crippen LogP contribution is -2.45. The number of benzene rings is 1. The van der Waals surface area contributed by atoms with Crippen molar-refractivity contribution in [2.24, 2.45) is 5.41 Å². The largest absolute Gasteiger partial charge is 0.360 e. The van der Waals surface area contributed by atoms with Gasteiger partial charge >= 0.3 is 0 Å². The average molecular weight is 365 g/mol. The number of amides is 1. The highest BCUT2D eigenvalue weighted by atomic mass is 16.5. The molecule has 2 aliphatic heterocycles. The molecule has 0 bridgehead atoms. The van der Waals surface area contributed by atoms with E-state index in [1.165, 1.54) is 18.4 Å². The minimum atomic E-state index is 0.0442. The van der Waals surface area contributed by atoms with E-state index in [4.69, 9.17) is 4.52 Å². The number of carbonyl (C=O) groups excluding carboxylic acids is 1. The van der Waals surface area contributed by atoms with Crippen LogP contribution in [0.25, 0.3) is 0 Å². The molecule has 1 aromatic carbocycles. The van der Waals surface area contributed by atoms with E-state index in [9.17, 15) is 4.79 Å². The molecule has 5 nitrogen and oxygen atoms in total. The van der Waals surface area contributed by atoms with Crippen molar-refractivity contribution < 1.29 is 9.32 Å². The molecule has 0 N–H and O–H groups in total. The van der Waals surface area contributed by atoms with Crippen LogP contribution >= 0.6 is 0 Å². The van der Waals surface area contributed by atoms with Crippen molar-refractivity contribution in [2.45, 2.75) is 44.6 Å². The molecule has 1 aliphatic carbocycles. The van der Waals surface area contributed by atoms with Crippen LogP contribution in [0.4, 0.5) is 0 Å². The second kappa shape index (κ2) is 6.79. The first kappa shape index (κ1) is 17.0. The number of hydrogen-bond donors (Lipinski definition) is 0. The van der Waals surface area contributed by atoms with Crippen molar-refractivity contribution in [1.29, 1.82) is 0 Å². The molecule has 1 saturated carbocycles. The van der Waals surface area contributed by atoms with E-state index in [0.717, 1.165) is 57.7 Å². The second-order valence-electron chi connectivity index (χ2n) is 8.67. The monoisotopic (exact) mass is 365 g/mol. The summed E-state index contributed by atoms with van der Waals surface area (Å²) in [6, 6.07) is 12.6. The summed E-state index contributed by atoms with van der Waals surface area (Å²) in [5.74, 6) is 1.43. The zero-order valence-corrected chi connectivity index (χ0v) is 15.8. The van der Waals surface area contributed by atoms with Gasteiger partial charge in [-0.1, -0.05) is 35.5 Å². The lowest BCUT2D eigenvalue weighted by molar-refractivity contribution is 0.0667. The molecule has 1 amide bonds. The molecule has 3 fully saturated rings. The van der Waals surface area contributed by atoms with Crippen LogP contribution in [-0.2, 0) is 6.54 Å². The molecule has 0 radical (unpaired) electrons. The Balaban J connectivity index is 1.23. The third-order valence-corrected chi connectivity index (χ3v) is 6.44. The molecule has 1 spiro atoms. The highest BCUT2D eigenvalue weighted by Crippen LogP contribution is 2.41. The van der Waals surface area contributed by atoms with Gasteiger partial charge in [-0.15, -0.1) is 0 Å². The van der Waals surface area contributed by atoms with Gasteiger partial charge in [-0.25, -0.2) is 0 Å². The number of likely N-dealkylation sites (tertiary alicyclic amines) is 2. The fraction of sp³-hybridized carbons (Fsp3) is 0.545. The second-order valence-corrected chi connectivity index (χ2v) is 8.67. The Morgan fingerprint density at radius 1 is 1.15 bits per heavy atom. The maximum atomic E-state index is 12.9. The average Bonchev–Trinajstić information content (AvgIpc) is 3.28. The van der Waals surface area contributed by atoms with Gasteiger partial charge in [0, 0.05) is 43.6 Å². The third kappa shape index (κ3) is 3.53. The van der Waals surface area contributed by atoms with Crippen molar-refractivity contribution in [3.8, 4) is 0 Å². The molecular formula is C22H27N3O2. The summed E-state index contributed by atoms with van der Waals surface area (Å²) < 4.78 is 5.38. The molecule has 3 heterocycles. The standard InChI is InChI=1S/C22H27N3O2/c26-21(19-13-20(27-23-19)18-7-8-18)25-12-10-22(16-25)9-4-11-24(15-22)14-17-5-2-1-3-6-17/h1-3,5-6,13,18H,4,7-12,14-16H2/t22-/m0/s1. The Hall–Kier alpha value is -2.14. The van der Waals surface area contributed by atoms with Crippen LogP contribution in [0.2, 0.25) is 0 Å². The quantitative estimate of drug-likeness (QED) is 0.829. The molecule has 0 unspecified atom stereocenters. The molecular weight excluding hydrogens is 338 g/mol. The van der Waals surface area contributed by atoms with Crippen molar-refractivity contribution in [3.05, 3.63) is 53.4 Å². The van der Waals surface area contributed by atoms with Crippen molar-refractivity contribution >= 4 is 5.91 Å². The lowest BCUT2D eigenvalue weighted by atomic mass is 9.79. The van der Waals surface area contributed by atoms with Gasteiger partial charge in [0.2, 0.25) is 0 Å². The zero-order valence-electron chi connectivity index (χ0n) is 15.8. The zero-order chi connectivity index (χ0) is 18.3. The molecule has 27 heavy (non-hydrogen) atoms. The molecule has 3 aliphatic rings. The van der Waals surface area contributed by atoms with Gasteiger partial charge in [-0.3, -0.25) is 9.69 Å². The Kier molecular flexibility index (Phi) is 4.27. The minimum absolute atomic E-state index is 0.0442. The number of aromatic nitrogens is 1. The van der Waals surface area contributed by atoms with Gasteiger partial charge in [-0.2, -0.15) is 0 Å². The highest BCUT2D eigenvalue weighted by Gasteiger charge is 2.43. The number of rotatable bonds is 4. The first-order valence-corrected chi connectivity index (χ1v) is 10.2. The van der Waals surface area contributed by atoms with E-state index in [0.29, 0.717) is 11.6 Å². The predicted molar refractivity (Wildman–Crippen MR) is 102 cm³/mol. The van der Waals surface area contributed by atoms with Gasteiger partial charge in [0.1, 0.15) is 5.76 Å². The molecule has 1 atom stereocenters. The summed E-state index contributed by atoms with van der Waals surface area (Å²) in [4.78, 5) is 17.5. The number of piperidine rings is 1. The van der Waals surface area contributed by atoms with E-state index in [1.54, 1.807) is 0 Å². The van der Waals surface area contributed by atoms with Gasteiger partial charge in [-0.05, 0) is 44.2 Å². The fourth-order valence-electron chi connectivity index (χ4n) is 4.84. The smallest absolute Gasteiger partial charge is 0.276 e. The summed E-state index contributed by atoms with van der Waals surface area (Å²) in [5.41, 5.74) is 2.10. The summed E-state index contributed by atoms with van der Waals surface area (Å²) in [7, 11) is 0. The van der Waals surface area contributed by atoms with Crippen LogP contribution in [0, 0.1) is 5.41 Å². The topological polar surface area (TPSA) is 49.6 Å². The Morgan fingerprint density at radius 3 is 2.81 bits per heavy atom. The van der Waals surface area contributed by atoms with E-state index < -0.39 is 0 Å². The van der Waals surface area contributed by atoms with Crippen LogP contribution in [0.5, 0.6) is 0 Å². The number of nitrogens with zero attached hydrogens (tertiary/aromatic N) is 3. The lowest BCUT2D eigenvalue weighted by Gasteiger charge is -2.40. The van der Waals surface area contributed by atoms with Gasteiger partial charge in [0.25, 0.3) is 5.91 Å². The Morgan fingerprint density at radius 2 is 2.00 bits per heavy atom. The summed E-state index contributed by atoms with van der Waals surface area (Å²) in [6.07, 6.45) is 5.84. The predicted octanol–water partition coefficient (Wildman–Crippen LogP) is 3.68. The summed E-state index contributed by atoms with van der Waals surface area (Å²) >= 11 is 0. The van der Waals surface area contributed by atoms with Crippen molar-refractivity contribution in [3.63, 3.8) is 0 Å². The van der Waals surface area contributed by atoms with Crippen molar-refractivity contribution in [1.82, 2.24) is 15.0 Å². The van der Waals surface area contributed by atoms with Gasteiger partial charge in [0.15, 0.2) is 5.69 Å². The SMILES string of the molecule is O=C(c1cc(C2CC2)on1)N1CC[C@]2(CCCN(Cc3ccccc3)C2)C1. The molecule has 5 rings (SSSR count). The van der Waals surface area contributed by atoms with E-state index >= 15 is 0 Å². The fourth-order valence-corrected chi connectivity index (χ4v) is 4.84. The third-order valence-electron chi connectivity index (χ3n) is 6.44. The Labute approximate surface area is 160 Å². The molecule has 5 heteroatoms. The number of hydrogen-bond acceptors (Lipinski definition) is 4. The molecule has 2 aromatic rings.